The second-order valence-electron chi connectivity index (χ2n) is 4.41. The van der Waals surface area contributed by atoms with Crippen LogP contribution in [0.1, 0.15) is 24.9 Å². The Morgan fingerprint density at radius 3 is 2.63 bits per heavy atom. The summed E-state index contributed by atoms with van der Waals surface area (Å²) in [5.41, 5.74) is 1.07. The summed E-state index contributed by atoms with van der Waals surface area (Å²) in [6.07, 6.45) is 2.63. The van der Waals surface area contributed by atoms with Crippen LogP contribution in [0.3, 0.4) is 0 Å². The summed E-state index contributed by atoms with van der Waals surface area (Å²) in [5, 5.41) is 3.41. The lowest BCUT2D eigenvalue weighted by molar-refractivity contribution is 0.392. The molecule has 1 N–H and O–H groups in total. The fraction of sp³-hybridized carbons (Fsp3) is 0.571. The maximum Gasteiger partial charge on any atom is 0.123 e. The molecule has 0 radical (unpaired) electrons. The minimum absolute atomic E-state index is 0.162. The van der Waals surface area contributed by atoms with E-state index in [0.29, 0.717) is 0 Å². The van der Waals surface area contributed by atoms with Crippen LogP contribution in [0.25, 0.3) is 0 Å². The van der Waals surface area contributed by atoms with Crippen molar-refractivity contribution in [3.63, 3.8) is 0 Å². The summed E-state index contributed by atoms with van der Waals surface area (Å²) < 4.78 is 21.6. The van der Waals surface area contributed by atoms with E-state index in [9.17, 15) is 4.21 Å². The van der Waals surface area contributed by atoms with Crippen LogP contribution in [0.4, 0.5) is 0 Å². The number of ether oxygens (including phenoxy) is 2. The fourth-order valence-corrected chi connectivity index (χ4v) is 2.43. The minimum Gasteiger partial charge on any atom is -0.497 e. The second-order valence-corrected chi connectivity index (χ2v) is 5.97. The molecular formula is C14H23NO3S. The van der Waals surface area contributed by atoms with Gasteiger partial charge in [0, 0.05) is 34.4 Å². The molecule has 1 aromatic rings. The van der Waals surface area contributed by atoms with E-state index in [-0.39, 0.29) is 6.04 Å². The zero-order valence-corrected chi connectivity index (χ0v) is 12.9. The van der Waals surface area contributed by atoms with E-state index in [1.807, 2.05) is 18.2 Å². The molecule has 2 atom stereocenters. The van der Waals surface area contributed by atoms with Crippen LogP contribution in [-0.4, -0.2) is 37.0 Å². The topological polar surface area (TPSA) is 47.6 Å². The van der Waals surface area contributed by atoms with Crippen LogP contribution in [0.15, 0.2) is 18.2 Å². The minimum atomic E-state index is -0.721. The van der Waals surface area contributed by atoms with Crippen molar-refractivity contribution in [2.45, 2.75) is 19.4 Å². The van der Waals surface area contributed by atoms with E-state index in [4.69, 9.17) is 9.47 Å². The van der Waals surface area contributed by atoms with Crippen molar-refractivity contribution in [1.82, 2.24) is 5.32 Å². The predicted molar refractivity (Wildman–Crippen MR) is 79.5 cm³/mol. The van der Waals surface area contributed by atoms with E-state index in [1.165, 1.54) is 0 Å². The molecule has 0 heterocycles. The van der Waals surface area contributed by atoms with Crippen molar-refractivity contribution in [1.29, 1.82) is 0 Å². The first-order chi connectivity index (χ1) is 9.08. The molecule has 19 heavy (non-hydrogen) atoms. The maximum absolute atomic E-state index is 11.0. The lowest BCUT2D eigenvalue weighted by atomic mass is 10.1. The first-order valence-corrected chi connectivity index (χ1v) is 8.06. The number of rotatable bonds is 8. The van der Waals surface area contributed by atoms with Gasteiger partial charge in [-0.3, -0.25) is 4.21 Å². The molecular weight excluding hydrogens is 262 g/mol. The molecule has 0 aromatic heterocycles. The van der Waals surface area contributed by atoms with Crippen molar-refractivity contribution in [3.8, 4) is 11.5 Å². The monoisotopic (exact) mass is 285 g/mol. The van der Waals surface area contributed by atoms with Gasteiger partial charge in [-0.1, -0.05) is 0 Å². The zero-order chi connectivity index (χ0) is 14.3. The standard InChI is InChI=1S/C14H23NO3S/c1-11(15-8-5-9-19(4)16)13-10-12(17-2)6-7-14(13)18-3/h6-7,10-11,15H,5,8-9H2,1-4H3. The molecule has 0 fully saturated rings. The third-order valence-electron chi connectivity index (χ3n) is 2.96. The molecule has 0 aliphatic carbocycles. The van der Waals surface area contributed by atoms with Gasteiger partial charge < -0.3 is 14.8 Å². The average molecular weight is 285 g/mol. The van der Waals surface area contributed by atoms with Gasteiger partial charge in [0.25, 0.3) is 0 Å². The number of methoxy groups -OCH3 is 2. The van der Waals surface area contributed by atoms with Gasteiger partial charge in [-0.25, -0.2) is 0 Å². The number of nitrogens with one attached hydrogen (secondary N) is 1. The molecule has 1 aromatic carbocycles. The molecule has 5 heteroatoms. The SMILES string of the molecule is COc1ccc(OC)c(C(C)NCCCS(C)=O)c1. The Morgan fingerprint density at radius 2 is 2.05 bits per heavy atom. The van der Waals surface area contributed by atoms with Crippen LogP contribution >= 0.6 is 0 Å². The molecule has 1 rings (SSSR count). The Balaban J connectivity index is 2.63. The van der Waals surface area contributed by atoms with E-state index >= 15 is 0 Å². The molecule has 108 valence electrons. The van der Waals surface area contributed by atoms with Gasteiger partial charge >= 0.3 is 0 Å². The third kappa shape index (κ3) is 5.20. The summed E-state index contributed by atoms with van der Waals surface area (Å²) in [5.74, 6) is 2.40. The molecule has 0 saturated heterocycles. The Hall–Kier alpha value is -1.07. The quantitative estimate of drug-likeness (QED) is 0.743. The van der Waals surface area contributed by atoms with Gasteiger partial charge in [0.15, 0.2) is 0 Å². The van der Waals surface area contributed by atoms with Crippen LogP contribution in [0, 0.1) is 0 Å². The van der Waals surface area contributed by atoms with Gasteiger partial charge in [-0.15, -0.1) is 0 Å². The maximum atomic E-state index is 11.0. The number of benzene rings is 1. The Morgan fingerprint density at radius 1 is 1.32 bits per heavy atom. The fourth-order valence-electron chi connectivity index (χ4n) is 1.88. The van der Waals surface area contributed by atoms with Crippen molar-refractivity contribution in [2.75, 3.05) is 32.8 Å². The third-order valence-corrected chi connectivity index (χ3v) is 3.83. The molecule has 4 nitrogen and oxygen atoms in total. The van der Waals surface area contributed by atoms with Crippen LogP contribution in [0.2, 0.25) is 0 Å². The Kier molecular flexibility index (Phi) is 6.87. The van der Waals surface area contributed by atoms with Crippen molar-refractivity contribution >= 4 is 10.8 Å². The summed E-state index contributed by atoms with van der Waals surface area (Å²) in [4.78, 5) is 0. The molecule has 0 amide bonds. The first-order valence-electron chi connectivity index (χ1n) is 6.33. The smallest absolute Gasteiger partial charge is 0.123 e. The average Bonchev–Trinajstić information content (AvgIpc) is 2.42. The second kappa shape index (κ2) is 8.17. The molecule has 0 bridgehead atoms. The van der Waals surface area contributed by atoms with Crippen LogP contribution < -0.4 is 14.8 Å². The van der Waals surface area contributed by atoms with E-state index in [1.54, 1.807) is 20.5 Å². The molecule has 0 aliphatic heterocycles. The van der Waals surface area contributed by atoms with Crippen LogP contribution in [-0.2, 0) is 10.8 Å². The van der Waals surface area contributed by atoms with Gasteiger partial charge in [-0.2, -0.15) is 0 Å². The lowest BCUT2D eigenvalue weighted by Gasteiger charge is -2.18. The largest absolute Gasteiger partial charge is 0.497 e. The van der Waals surface area contributed by atoms with Gasteiger partial charge in [0.05, 0.1) is 14.2 Å². The van der Waals surface area contributed by atoms with Gasteiger partial charge in [0.2, 0.25) is 0 Å². The highest BCUT2D eigenvalue weighted by molar-refractivity contribution is 7.84. The highest BCUT2D eigenvalue weighted by Crippen LogP contribution is 2.29. The van der Waals surface area contributed by atoms with Crippen LogP contribution in [0.5, 0.6) is 11.5 Å². The number of hydrogen-bond donors (Lipinski definition) is 1. The molecule has 0 saturated carbocycles. The molecule has 0 aliphatic rings. The zero-order valence-electron chi connectivity index (χ0n) is 12.1. The Labute approximate surface area is 118 Å². The van der Waals surface area contributed by atoms with Crippen molar-refractivity contribution in [2.24, 2.45) is 0 Å². The molecule has 2 unspecified atom stereocenters. The highest BCUT2D eigenvalue weighted by atomic mass is 32.2. The lowest BCUT2D eigenvalue weighted by Crippen LogP contribution is -2.21. The van der Waals surface area contributed by atoms with Gasteiger partial charge in [0.1, 0.15) is 11.5 Å². The van der Waals surface area contributed by atoms with Crippen molar-refractivity contribution < 1.29 is 13.7 Å². The molecule has 0 spiro atoms. The van der Waals surface area contributed by atoms with E-state index in [0.717, 1.165) is 35.8 Å². The van der Waals surface area contributed by atoms with Crippen molar-refractivity contribution in [3.05, 3.63) is 23.8 Å². The summed E-state index contributed by atoms with van der Waals surface area (Å²) in [7, 11) is 2.60. The predicted octanol–water partition coefficient (Wildman–Crippen LogP) is 2.12. The van der Waals surface area contributed by atoms with Gasteiger partial charge in [-0.05, 0) is 38.1 Å². The number of hydrogen-bond acceptors (Lipinski definition) is 4. The summed E-state index contributed by atoms with van der Waals surface area (Å²) in [6, 6.07) is 5.94. The highest BCUT2D eigenvalue weighted by Gasteiger charge is 2.12. The summed E-state index contributed by atoms with van der Waals surface area (Å²) in [6.45, 7) is 2.92. The summed E-state index contributed by atoms with van der Waals surface area (Å²) >= 11 is 0. The Bertz CT molecular complexity index is 423. The first kappa shape index (κ1) is 16.0. The normalized spacial score (nSPS) is 13.9. The van der Waals surface area contributed by atoms with E-state index in [2.05, 4.69) is 12.2 Å². The van der Waals surface area contributed by atoms with E-state index < -0.39 is 10.8 Å².